The number of hydrogen-bond acceptors (Lipinski definition) is 7. The van der Waals surface area contributed by atoms with E-state index >= 15 is 0 Å². The maximum absolute atomic E-state index is 12.6. The first-order valence-corrected chi connectivity index (χ1v) is 12.4. The Morgan fingerprint density at radius 2 is 1.91 bits per heavy atom. The van der Waals surface area contributed by atoms with Crippen molar-refractivity contribution < 1.29 is 9.21 Å². The van der Waals surface area contributed by atoms with Gasteiger partial charge in [-0.3, -0.25) is 10.1 Å². The monoisotopic (exact) mass is 542 g/mol. The van der Waals surface area contributed by atoms with Gasteiger partial charge in [-0.1, -0.05) is 47.5 Å². The zero-order valence-electron chi connectivity index (χ0n) is 18.1. The number of nitrogens with one attached hydrogen (secondary N) is 2. The number of halogens is 2. The van der Waals surface area contributed by atoms with E-state index in [-0.39, 0.29) is 10.9 Å². The van der Waals surface area contributed by atoms with Crippen LogP contribution in [0.3, 0.4) is 0 Å². The molecule has 0 aliphatic heterocycles. The summed E-state index contributed by atoms with van der Waals surface area (Å²) in [5.41, 5.74) is 2.24. The van der Waals surface area contributed by atoms with Crippen LogP contribution in [0.25, 0.3) is 26.9 Å². The maximum atomic E-state index is 12.6. The molecule has 3 heterocycles. The summed E-state index contributed by atoms with van der Waals surface area (Å²) in [4.78, 5) is 13.3. The molecule has 0 atom stereocenters. The van der Waals surface area contributed by atoms with Crippen molar-refractivity contribution in [2.75, 3.05) is 5.32 Å². The van der Waals surface area contributed by atoms with Gasteiger partial charge in [0.25, 0.3) is 5.91 Å². The molecule has 0 spiro atoms. The minimum atomic E-state index is -0.491. The number of rotatable bonds is 5. The zero-order chi connectivity index (χ0) is 24.5. The van der Waals surface area contributed by atoms with Crippen LogP contribution >= 0.6 is 46.8 Å². The second-order valence-corrected chi connectivity index (χ2v) is 9.47. The zero-order valence-corrected chi connectivity index (χ0v) is 21.2. The van der Waals surface area contributed by atoms with E-state index in [0.717, 1.165) is 27.8 Å². The van der Waals surface area contributed by atoms with Gasteiger partial charge in [0.2, 0.25) is 4.96 Å². The number of furan rings is 1. The number of hydrogen-bond donors (Lipinski definition) is 2. The predicted molar refractivity (Wildman–Crippen MR) is 141 cm³/mol. The first-order valence-electron chi connectivity index (χ1n) is 10.4. The smallest absolute Gasteiger partial charge is 0.293 e. The minimum Gasteiger partial charge on any atom is -0.451 e. The Kier molecular flexibility index (Phi) is 6.52. The van der Waals surface area contributed by atoms with Gasteiger partial charge in [-0.05, 0) is 60.7 Å². The maximum Gasteiger partial charge on any atom is 0.293 e. The van der Waals surface area contributed by atoms with Crippen molar-refractivity contribution in [2.45, 2.75) is 13.3 Å². The molecule has 0 aliphatic rings. The van der Waals surface area contributed by atoms with Gasteiger partial charge in [0.05, 0.1) is 10.0 Å². The molecule has 0 aliphatic carbocycles. The summed E-state index contributed by atoms with van der Waals surface area (Å²) in [7, 11) is 0. The molecule has 5 aromatic rings. The lowest BCUT2D eigenvalue weighted by molar-refractivity contribution is 0.0951. The van der Waals surface area contributed by atoms with Gasteiger partial charge < -0.3 is 9.73 Å². The van der Waals surface area contributed by atoms with Gasteiger partial charge in [0.15, 0.2) is 16.7 Å². The SMILES string of the molecule is CCc1nnc2sc(-c3ccc(NC(=S)NC(=O)c4ccc(-c5cccc(Cl)c5Cl)o4)cc3)nn12. The number of fused-ring (bicyclic) bond motifs is 1. The fraction of sp³-hybridized carbons (Fsp3) is 0.0870. The highest BCUT2D eigenvalue weighted by Gasteiger charge is 2.16. The second-order valence-electron chi connectivity index (χ2n) is 7.32. The molecular formula is C23H16Cl2N6O2S2. The van der Waals surface area contributed by atoms with E-state index in [1.807, 2.05) is 31.2 Å². The van der Waals surface area contributed by atoms with Gasteiger partial charge in [-0.15, -0.1) is 10.2 Å². The number of carbonyl (C=O) groups is 1. The number of benzene rings is 2. The highest BCUT2D eigenvalue weighted by Crippen LogP contribution is 2.34. The molecule has 8 nitrogen and oxygen atoms in total. The molecule has 1 amide bonds. The molecule has 0 saturated carbocycles. The lowest BCUT2D eigenvalue weighted by Gasteiger charge is -2.09. The largest absolute Gasteiger partial charge is 0.451 e. The quantitative estimate of drug-likeness (QED) is 0.258. The lowest BCUT2D eigenvalue weighted by atomic mass is 10.2. The Bertz CT molecular complexity index is 1560. The molecule has 0 saturated heterocycles. The van der Waals surface area contributed by atoms with Crippen molar-refractivity contribution in [2.24, 2.45) is 0 Å². The summed E-state index contributed by atoms with van der Waals surface area (Å²) in [6.07, 6.45) is 0.754. The van der Waals surface area contributed by atoms with Crippen molar-refractivity contribution in [1.82, 2.24) is 25.1 Å². The molecule has 12 heteroatoms. The normalized spacial score (nSPS) is 11.1. The summed E-state index contributed by atoms with van der Waals surface area (Å²) < 4.78 is 7.42. The molecule has 35 heavy (non-hydrogen) atoms. The Hall–Kier alpha value is -3.31. The molecule has 0 bridgehead atoms. The summed E-state index contributed by atoms with van der Waals surface area (Å²) >= 11 is 19.0. The van der Waals surface area contributed by atoms with Crippen LogP contribution in [-0.2, 0) is 6.42 Å². The number of aromatic nitrogens is 4. The standard InChI is InChI=1S/C23H16Cl2N6O2S2/c1-2-18-28-29-23-31(18)30-21(35-23)12-6-8-13(9-7-12)26-22(34)27-20(32)17-11-10-16(33-17)14-4-3-5-15(24)19(14)25/h3-11H,2H2,1H3,(H2,26,27,32,34). The lowest BCUT2D eigenvalue weighted by Crippen LogP contribution is -2.33. The Morgan fingerprint density at radius 3 is 2.69 bits per heavy atom. The van der Waals surface area contributed by atoms with Crippen LogP contribution in [0.1, 0.15) is 23.3 Å². The third-order valence-corrected chi connectivity index (χ3v) is 7.01. The number of nitrogens with zero attached hydrogens (tertiary/aromatic N) is 4. The van der Waals surface area contributed by atoms with E-state index in [1.54, 1.807) is 34.8 Å². The van der Waals surface area contributed by atoms with Crippen LogP contribution < -0.4 is 10.6 Å². The molecule has 0 radical (unpaired) electrons. The Labute approximate surface area is 218 Å². The van der Waals surface area contributed by atoms with Crippen LogP contribution in [0.2, 0.25) is 10.0 Å². The Morgan fingerprint density at radius 1 is 1.11 bits per heavy atom. The summed E-state index contributed by atoms with van der Waals surface area (Å²) in [5, 5.41) is 20.2. The van der Waals surface area contributed by atoms with Crippen molar-refractivity contribution in [3.05, 3.63) is 76.2 Å². The molecule has 0 unspecified atom stereocenters. The minimum absolute atomic E-state index is 0.0882. The predicted octanol–water partition coefficient (Wildman–Crippen LogP) is 6.11. The van der Waals surface area contributed by atoms with E-state index in [4.69, 9.17) is 39.8 Å². The third-order valence-electron chi connectivity index (χ3n) is 5.04. The highest BCUT2D eigenvalue weighted by molar-refractivity contribution is 7.80. The first-order chi connectivity index (χ1) is 16.9. The van der Waals surface area contributed by atoms with Gasteiger partial charge in [0.1, 0.15) is 10.8 Å². The van der Waals surface area contributed by atoms with E-state index in [1.165, 1.54) is 11.3 Å². The van der Waals surface area contributed by atoms with E-state index < -0.39 is 5.91 Å². The van der Waals surface area contributed by atoms with Crippen LogP contribution in [0.4, 0.5) is 5.69 Å². The van der Waals surface area contributed by atoms with Crippen molar-refractivity contribution in [1.29, 1.82) is 0 Å². The fourth-order valence-electron chi connectivity index (χ4n) is 3.32. The van der Waals surface area contributed by atoms with Crippen molar-refractivity contribution in [3.63, 3.8) is 0 Å². The second kappa shape index (κ2) is 9.74. The molecule has 3 aromatic heterocycles. The van der Waals surface area contributed by atoms with E-state index in [9.17, 15) is 4.79 Å². The first kappa shape index (κ1) is 23.4. The van der Waals surface area contributed by atoms with E-state index in [2.05, 4.69) is 25.9 Å². The van der Waals surface area contributed by atoms with Gasteiger partial charge >= 0.3 is 0 Å². The van der Waals surface area contributed by atoms with Gasteiger partial charge in [-0.2, -0.15) is 9.61 Å². The molecule has 5 rings (SSSR count). The molecule has 0 fully saturated rings. The van der Waals surface area contributed by atoms with Crippen LogP contribution in [-0.4, -0.2) is 30.8 Å². The fourth-order valence-corrected chi connectivity index (χ4v) is 4.78. The van der Waals surface area contributed by atoms with Crippen molar-refractivity contribution >= 4 is 68.4 Å². The number of amides is 1. The average Bonchev–Trinajstić information content (AvgIpc) is 3.57. The highest BCUT2D eigenvalue weighted by atomic mass is 35.5. The number of anilines is 1. The number of aryl methyl sites for hydroxylation is 1. The third kappa shape index (κ3) is 4.78. The van der Waals surface area contributed by atoms with Crippen LogP contribution in [0, 0.1) is 0 Å². The van der Waals surface area contributed by atoms with Gasteiger partial charge in [0, 0.05) is 23.2 Å². The number of carbonyl (C=O) groups excluding carboxylic acids is 1. The van der Waals surface area contributed by atoms with Crippen molar-refractivity contribution in [3.8, 4) is 21.9 Å². The summed E-state index contributed by atoms with van der Waals surface area (Å²) in [5.74, 6) is 0.843. The molecular weight excluding hydrogens is 527 g/mol. The van der Waals surface area contributed by atoms with Gasteiger partial charge in [-0.25, -0.2) is 0 Å². The summed E-state index contributed by atoms with van der Waals surface area (Å²) in [6.45, 7) is 2.01. The summed E-state index contributed by atoms with van der Waals surface area (Å²) in [6, 6.07) is 15.9. The average molecular weight is 543 g/mol. The topological polar surface area (TPSA) is 97.3 Å². The van der Waals surface area contributed by atoms with Crippen LogP contribution in [0.5, 0.6) is 0 Å². The molecule has 176 valence electrons. The van der Waals surface area contributed by atoms with E-state index in [0.29, 0.717) is 27.1 Å². The Balaban J connectivity index is 1.23. The molecule has 2 aromatic carbocycles. The number of thiocarbonyl (C=S) groups is 1. The van der Waals surface area contributed by atoms with Crippen LogP contribution in [0.15, 0.2) is 59.0 Å². The molecule has 2 N–H and O–H groups in total.